The number of ether oxygens (including phenoxy) is 3. The van der Waals surface area contributed by atoms with Crippen LogP contribution in [0.5, 0.6) is 5.75 Å². The van der Waals surface area contributed by atoms with E-state index in [1.54, 1.807) is 19.9 Å². The Morgan fingerprint density at radius 1 is 1.16 bits per heavy atom. The number of benzene rings is 1. The van der Waals surface area contributed by atoms with Crippen molar-refractivity contribution >= 4 is 12.1 Å². The van der Waals surface area contributed by atoms with Gasteiger partial charge in [0.05, 0.1) is 23.9 Å². The molecule has 3 N–H and O–H groups in total. The third-order valence-electron chi connectivity index (χ3n) is 5.91. The van der Waals surface area contributed by atoms with Gasteiger partial charge in [0.2, 0.25) is 0 Å². The summed E-state index contributed by atoms with van der Waals surface area (Å²) in [7, 11) is 0. The zero-order chi connectivity index (χ0) is 28.3. The van der Waals surface area contributed by atoms with E-state index in [2.05, 4.69) is 4.74 Å². The van der Waals surface area contributed by atoms with E-state index >= 15 is 0 Å². The summed E-state index contributed by atoms with van der Waals surface area (Å²) in [5, 5.41) is 30.9. The number of alkyl halides is 3. The summed E-state index contributed by atoms with van der Waals surface area (Å²) in [6, 6.07) is 4.34. The van der Waals surface area contributed by atoms with E-state index in [-0.39, 0.29) is 37.2 Å². The second-order valence-electron chi connectivity index (χ2n) is 9.39. The van der Waals surface area contributed by atoms with E-state index in [1.807, 2.05) is 12.2 Å². The van der Waals surface area contributed by atoms with Gasteiger partial charge in [-0.15, -0.1) is 0 Å². The maximum Gasteiger partial charge on any atom is 0.516 e. The molecule has 1 saturated carbocycles. The van der Waals surface area contributed by atoms with Crippen molar-refractivity contribution in [3.05, 3.63) is 54.1 Å². The molecule has 212 valence electrons. The molecule has 1 aromatic carbocycles. The van der Waals surface area contributed by atoms with E-state index in [1.165, 1.54) is 18.2 Å². The molecule has 0 saturated heterocycles. The Bertz CT molecular complexity index is 960. The molecule has 0 heterocycles. The number of aliphatic hydroxyl groups is 3. The first-order chi connectivity index (χ1) is 17.9. The summed E-state index contributed by atoms with van der Waals surface area (Å²) in [5.41, 5.74) is -0.856. The summed E-state index contributed by atoms with van der Waals surface area (Å²) in [6.45, 7) is 2.99. The minimum absolute atomic E-state index is 0.0321. The SMILES string of the molecule is CC(C)OC(=O)OC(=O)CCCC=CC[C@@H]1[C@@H](C=C[C@@H](O)COc2cccc(C(F)(F)F)c2)[C@H](O)C[C@@H]1O. The minimum Gasteiger partial charge on any atom is -0.491 e. The van der Waals surface area contributed by atoms with Crippen LogP contribution in [0.1, 0.15) is 51.5 Å². The van der Waals surface area contributed by atoms with Crippen LogP contribution in [0, 0.1) is 11.8 Å². The van der Waals surface area contributed by atoms with Crippen molar-refractivity contribution in [2.45, 2.75) is 76.5 Å². The molecule has 1 fully saturated rings. The third-order valence-corrected chi connectivity index (χ3v) is 5.91. The molecule has 0 aliphatic heterocycles. The van der Waals surface area contributed by atoms with Crippen LogP contribution in [0.15, 0.2) is 48.6 Å². The van der Waals surface area contributed by atoms with Gasteiger partial charge in [-0.2, -0.15) is 13.2 Å². The fraction of sp³-hybridized carbons (Fsp3) is 0.556. The number of carbonyl (C=O) groups excluding carboxylic acids is 2. The lowest BCUT2D eigenvalue weighted by atomic mass is 9.89. The Morgan fingerprint density at radius 2 is 1.89 bits per heavy atom. The molecule has 1 aliphatic rings. The van der Waals surface area contributed by atoms with Crippen molar-refractivity contribution in [3.63, 3.8) is 0 Å². The van der Waals surface area contributed by atoms with Crippen molar-refractivity contribution in [1.29, 1.82) is 0 Å². The average molecular weight is 545 g/mol. The minimum atomic E-state index is -4.50. The van der Waals surface area contributed by atoms with E-state index in [0.717, 1.165) is 12.1 Å². The second-order valence-corrected chi connectivity index (χ2v) is 9.39. The molecule has 0 aromatic heterocycles. The van der Waals surface area contributed by atoms with Crippen molar-refractivity contribution in [1.82, 2.24) is 0 Å². The number of rotatable bonds is 12. The number of hydrogen-bond donors (Lipinski definition) is 3. The van der Waals surface area contributed by atoms with Gasteiger partial charge in [-0.1, -0.05) is 30.4 Å². The molecular weight excluding hydrogens is 509 g/mol. The number of unbranched alkanes of at least 4 members (excludes halogenated alkanes) is 1. The van der Waals surface area contributed by atoms with E-state index in [9.17, 15) is 38.1 Å². The molecule has 11 heteroatoms. The lowest BCUT2D eigenvalue weighted by Crippen LogP contribution is -2.21. The first kappa shape index (κ1) is 31.3. The lowest BCUT2D eigenvalue weighted by molar-refractivity contribution is -0.140. The molecule has 0 radical (unpaired) electrons. The Labute approximate surface area is 219 Å². The monoisotopic (exact) mass is 544 g/mol. The molecule has 0 bridgehead atoms. The van der Waals surface area contributed by atoms with Gasteiger partial charge in [-0.05, 0) is 57.2 Å². The van der Waals surface area contributed by atoms with E-state index < -0.39 is 48.1 Å². The number of carbonyl (C=O) groups is 2. The zero-order valence-electron chi connectivity index (χ0n) is 21.3. The van der Waals surface area contributed by atoms with Crippen LogP contribution in [0.3, 0.4) is 0 Å². The largest absolute Gasteiger partial charge is 0.516 e. The van der Waals surface area contributed by atoms with E-state index in [4.69, 9.17) is 9.47 Å². The summed E-state index contributed by atoms with van der Waals surface area (Å²) in [5.74, 6) is -1.47. The molecule has 0 spiro atoms. The highest BCUT2D eigenvalue weighted by Crippen LogP contribution is 2.36. The lowest BCUT2D eigenvalue weighted by Gasteiger charge is -2.19. The van der Waals surface area contributed by atoms with Gasteiger partial charge in [0.25, 0.3) is 0 Å². The van der Waals surface area contributed by atoms with Crippen molar-refractivity contribution in [3.8, 4) is 5.75 Å². The quantitative estimate of drug-likeness (QED) is 0.152. The van der Waals surface area contributed by atoms with Crippen LogP contribution < -0.4 is 4.74 Å². The molecule has 1 aromatic rings. The predicted octanol–water partition coefficient (Wildman–Crippen LogP) is 4.56. The van der Waals surface area contributed by atoms with Crippen molar-refractivity contribution in [2.24, 2.45) is 11.8 Å². The summed E-state index contributed by atoms with van der Waals surface area (Å²) in [6.07, 6.45) is -0.367. The Balaban J connectivity index is 1.79. The van der Waals surface area contributed by atoms with Crippen LogP contribution in [-0.2, 0) is 20.4 Å². The third kappa shape index (κ3) is 10.8. The van der Waals surface area contributed by atoms with Crippen molar-refractivity contribution < 1.29 is 52.3 Å². The standard InChI is InChI=1S/C27H35F3O8/c1-17(2)37-26(35)38-25(34)11-6-4-3-5-10-21-22(24(33)15-23(21)32)13-12-19(31)16-36-20-9-7-8-18(14-20)27(28,29)30/h3,5,7-9,12-14,17,19,21-24,31-33H,4,6,10-11,15-16H2,1-2H3/t19-,21-,22-,23+,24-/m1/s1. The Hall–Kier alpha value is -2.89. The first-order valence-electron chi connectivity index (χ1n) is 12.5. The molecule has 0 unspecified atom stereocenters. The first-order valence-corrected chi connectivity index (χ1v) is 12.5. The Kier molecular flexibility index (Phi) is 12.3. The van der Waals surface area contributed by atoms with Gasteiger partial charge in [0.15, 0.2) is 0 Å². The fourth-order valence-electron chi connectivity index (χ4n) is 4.06. The number of aliphatic hydroxyl groups excluding tert-OH is 3. The van der Waals surface area contributed by atoms with Crippen LogP contribution in [0.25, 0.3) is 0 Å². The van der Waals surface area contributed by atoms with Gasteiger partial charge in [0, 0.05) is 18.8 Å². The second kappa shape index (κ2) is 14.9. The van der Waals surface area contributed by atoms with Crippen LogP contribution in [0.2, 0.25) is 0 Å². The number of hydrogen-bond acceptors (Lipinski definition) is 8. The van der Waals surface area contributed by atoms with E-state index in [0.29, 0.717) is 19.3 Å². The number of allylic oxidation sites excluding steroid dienone is 2. The van der Waals surface area contributed by atoms with Gasteiger partial charge < -0.3 is 29.5 Å². The molecule has 2 rings (SSSR count). The maximum atomic E-state index is 12.8. The molecular formula is C27H35F3O8. The predicted molar refractivity (Wildman–Crippen MR) is 131 cm³/mol. The van der Waals surface area contributed by atoms with Crippen molar-refractivity contribution in [2.75, 3.05) is 6.61 Å². The zero-order valence-corrected chi connectivity index (χ0v) is 21.3. The van der Waals surface area contributed by atoms with Crippen LogP contribution >= 0.6 is 0 Å². The normalized spacial score (nSPS) is 22.8. The highest BCUT2D eigenvalue weighted by atomic mass is 19.4. The topological polar surface area (TPSA) is 123 Å². The average Bonchev–Trinajstić information content (AvgIpc) is 3.09. The number of esters is 1. The van der Waals surface area contributed by atoms with Gasteiger partial charge in [-0.25, -0.2) is 4.79 Å². The molecule has 1 aliphatic carbocycles. The number of halogens is 3. The highest BCUT2D eigenvalue weighted by Gasteiger charge is 2.39. The maximum absolute atomic E-state index is 12.8. The van der Waals surface area contributed by atoms with Gasteiger partial charge >= 0.3 is 18.3 Å². The summed E-state index contributed by atoms with van der Waals surface area (Å²) >= 11 is 0. The molecule has 8 nitrogen and oxygen atoms in total. The van der Waals surface area contributed by atoms with Crippen LogP contribution in [-0.4, -0.2) is 58.5 Å². The Morgan fingerprint density at radius 3 is 2.58 bits per heavy atom. The van der Waals surface area contributed by atoms with Gasteiger partial charge in [0.1, 0.15) is 18.5 Å². The summed E-state index contributed by atoms with van der Waals surface area (Å²) < 4.78 is 53.0. The summed E-state index contributed by atoms with van der Waals surface area (Å²) in [4.78, 5) is 22.9. The molecule has 5 atom stereocenters. The highest BCUT2D eigenvalue weighted by molar-refractivity contribution is 5.81. The molecule has 0 amide bonds. The molecule has 38 heavy (non-hydrogen) atoms. The smallest absolute Gasteiger partial charge is 0.491 e. The fourth-order valence-corrected chi connectivity index (χ4v) is 4.06. The van der Waals surface area contributed by atoms with Gasteiger partial charge in [-0.3, -0.25) is 4.79 Å². The van der Waals surface area contributed by atoms with Crippen LogP contribution in [0.4, 0.5) is 18.0 Å².